The van der Waals surface area contributed by atoms with Crippen molar-refractivity contribution < 1.29 is 19.8 Å². The second-order valence-electron chi connectivity index (χ2n) is 7.20. The number of nitrogens with one attached hydrogen (secondary N) is 1. The summed E-state index contributed by atoms with van der Waals surface area (Å²) in [5.74, 6) is -0.588. The van der Waals surface area contributed by atoms with Crippen LogP contribution in [-0.2, 0) is 16.1 Å². The number of amides is 1. The highest BCUT2D eigenvalue weighted by atomic mass is 16.4. The standard InChI is InChI=1S/C18H24N2O5/c21-13-5-6-14-11(8-13)2-1-3-15(14)18(25)19-12-4-7-16(22)20(9-12)10-17(23)24/h4,7,9,11,13-15,21H,1-3,5-6,8,10H2,(H,19,25)(H,23,24). The van der Waals surface area contributed by atoms with E-state index in [0.29, 0.717) is 17.5 Å². The first kappa shape index (κ1) is 17.7. The summed E-state index contributed by atoms with van der Waals surface area (Å²) in [5, 5.41) is 21.5. The Kier molecular flexibility index (Phi) is 5.22. The Hall–Kier alpha value is -2.15. The van der Waals surface area contributed by atoms with E-state index in [9.17, 15) is 19.5 Å². The number of carboxylic acids is 1. The van der Waals surface area contributed by atoms with Crippen LogP contribution in [-0.4, -0.2) is 32.8 Å². The molecule has 1 aromatic heterocycles. The van der Waals surface area contributed by atoms with Gasteiger partial charge in [-0.2, -0.15) is 0 Å². The number of carbonyl (C=O) groups excluding carboxylic acids is 1. The number of carboxylic acid groups (broad SMARTS) is 1. The quantitative estimate of drug-likeness (QED) is 0.763. The van der Waals surface area contributed by atoms with Gasteiger partial charge in [0.05, 0.1) is 11.8 Å². The van der Waals surface area contributed by atoms with Crippen molar-refractivity contribution in [3.8, 4) is 0 Å². The number of carbonyl (C=O) groups is 2. The van der Waals surface area contributed by atoms with Crippen LogP contribution in [0.4, 0.5) is 5.69 Å². The van der Waals surface area contributed by atoms with Crippen LogP contribution in [0.1, 0.15) is 38.5 Å². The van der Waals surface area contributed by atoms with Gasteiger partial charge in [0.15, 0.2) is 0 Å². The molecule has 4 unspecified atom stereocenters. The number of rotatable bonds is 4. The van der Waals surface area contributed by atoms with Crippen molar-refractivity contribution in [1.29, 1.82) is 0 Å². The molecule has 1 aromatic rings. The van der Waals surface area contributed by atoms with Gasteiger partial charge in [-0.25, -0.2) is 0 Å². The van der Waals surface area contributed by atoms with E-state index in [2.05, 4.69) is 5.32 Å². The van der Waals surface area contributed by atoms with Gasteiger partial charge in [-0.1, -0.05) is 12.8 Å². The molecule has 136 valence electrons. The Morgan fingerprint density at radius 1 is 1.20 bits per heavy atom. The number of hydrogen-bond acceptors (Lipinski definition) is 4. The topological polar surface area (TPSA) is 109 Å². The number of aromatic nitrogens is 1. The highest BCUT2D eigenvalue weighted by Gasteiger charge is 2.40. The molecular formula is C18H24N2O5. The summed E-state index contributed by atoms with van der Waals surface area (Å²) in [4.78, 5) is 35.2. The number of aliphatic hydroxyl groups excluding tert-OH is 1. The van der Waals surface area contributed by atoms with Crippen molar-refractivity contribution >= 4 is 17.6 Å². The minimum atomic E-state index is -1.11. The van der Waals surface area contributed by atoms with E-state index in [-0.39, 0.29) is 17.9 Å². The van der Waals surface area contributed by atoms with E-state index < -0.39 is 18.1 Å². The molecule has 2 aliphatic rings. The molecule has 25 heavy (non-hydrogen) atoms. The van der Waals surface area contributed by atoms with Gasteiger partial charge in [-0.15, -0.1) is 0 Å². The molecule has 0 aliphatic heterocycles. The zero-order chi connectivity index (χ0) is 18.0. The Morgan fingerprint density at radius 2 is 2.00 bits per heavy atom. The fourth-order valence-corrected chi connectivity index (χ4v) is 4.37. The zero-order valence-corrected chi connectivity index (χ0v) is 14.1. The molecule has 3 N–H and O–H groups in total. The summed E-state index contributed by atoms with van der Waals surface area (Å²) in [6, 6.07) is 2.77. The molecular weight excluding hydrogens is 324 g/mol. The second-order valence-corrected chi connectivity index (χ2v) is 7.20. The number of anilines is 1. The van der Waals surface area contributed by atoms with Gasteiger partial charge in [0.25, 0.3) is 5.56 Å². The number of aliphatic hydroxyl groups is 1. The van der Waals surface area contributed by atoms with Gasteiger partial charge in [-0.3, -0.25) is 14.4 Å². The van der Waals surface area contributed by atoms with E-state index in [1.807, 2.05) is 0 Å². The van der Waals surface area contributed by atoms with E-state index in [1.54, 1.807) is 0 Å². The van der Waals surface area contributed by atoms with Crippen molar-refractivity contribution in [3.05, 3.63) is 28.7 Å². The fraction of sp³-hybridized carbons (Fsp3) is 0.611. The van der Waals surface area contributed by atoms with Crippen molar-refractivity contribution in [3.63, 3.8) is 0 Å². The Morgan fingerprint density at radius 3 is 2.76 bits per heavy atom. The van der Waals surface area contributed by atoms with Crippen molar-refractivity contribution in [2.24, 2.45) is 17.8 Å². The number of nitrogens with zero attached hydrogens (tertiary/aromatic N) is 1. The van der Waals surface area contributed by atoms with E-state index in [1.165, 1.54) is 18.3 Å². The predicted molar refractivity (Wildman–Crippen MR) is 91.1 cm³/mol. The lowest BCUT2D eigenvalue weighted by Gasteiger charge is -2.42. The minimum Gasteiger partial charge on any atom is -0.480 e. The molecule has 1 heterocycles. The van der Waals surface area contributed by atoms with E-state index in [4.69, 9.17) is 5.11 Å². The average Bonchev–Trinajstić information content (AvgIpc) is 2.56. The van der Waals surface area contributed by atoms with Crippen molar-refractivity contribution in [2.75, 3.05) is 5.32 Å². The first-order chi connectivity index (χ1) is 11.9. The third kappa shape index (κ3) is 4.10. The summed E-state index contributed by atoms with van der Waals surface area (Å²) in [5.41, 5.74) is 0.0169. The smallest absolute Gasteiger partial charge is 0.323 e. The average molecular weight is 348 g/mol. The largest absolute Gasteiger partial charge is 0.480 e. The Labute approximate surface area is 145 Å². The first-order valence-corrected chi connectivity index (χ1v) is 8.85. The van der Waals surface area contributed by atoms with Crippen molar-refractivity contribution in [2.45, 2.75) is 51.2 Å². The maximum atomic E-state index is 12.7. The summed E-state index contributed by atoms with van der Waals surface area (Å²) in [7, 11) is 0. The summed E-state index contributed by atoms with van der Waals surface area (Å²) >= 11 is 0. The van der Waals surface area contributed by atoms with Gasteiger partial charge >= 0.3 is 5.97 Å². The summed E-state index contributed by atoms with van der Waals surface area (Å²) in [6.07, 6.45) is 6.38. The van der Waals surface area contributed by atoms with Gasteiger partial charge in [0.2, 0.25) is 5.91 Å². The van der Waals surface area contributed by atoms with Gasteiger partial charge in [0.1, 0.15) is 6.54 Å². The normalized spacial score (nSPS) is 28.8. The lowest BCUT2D eigenvalue weighted by atomic mass is 9.64. The number of pyridine rings is 1. The molecule has 7 heteroatoms. The lowest BCUT2D eigenvalue weighted by Crippen LogP contribution is -2.41. The van der Waals surface area contributed by atoms with Crippen LogP contribution in [0, 0.1) is 17.8 Å². The number of aliphatic carboxylic acids is 1. The Balaban J connectivity index is 1.71. The van der Waals surface area contributed by atoms with Gasteiger partial charge in [0, 0.05) is 18.2 Å². The fourth-order valence-electron chi connectivity index (χ4n) is 4.37. The SMILES string of the molecule is O=C(O)Cn1cc(NC(=O)C2CCCC3CC(O)CCC32)ccc1=O. The summed E-state index contributed by atoms with van der Waals surface area (Å²) < 4.78 is 1.07. The maximum Gasteiger partial charge on any atom is 0.323 e. The highest BCUT2D eigenvalue weighted by Crippen LogP contribution is 2.44. The molecule has 4 atom stereocenters. The molecule has 2 aliphatic carbocycles. The van der Waals surface area contributed by atoms with Gasteiger partial charge < -0.3 is 20.1 Å². The number of hydrogen-bond donors (Lipinski definition) is 3. The van der Waals surface area contributed by atoms with Crippen molar-refractivity contribution in [1.82, 2.24) is 4.57 Å². The third-order valence-electron chi connectivity index (χ3n) is 5.51. The Bertz CT molecular complexity index is 714. The van der Waals surface area contributed by atoms with E-state index >= 15 is 0 Å². The molecule has 3 rings (SSSR count). The summed E-state index contributed by atoms with van der Waals surface area (Å²) in [6.45, 7) is -0.436. The second kappa shape index (κ2) is 7.39. The third-order valence-corrected chi connectivity index (χ3v) is 5.51. The molecule has 0 aromatic carbocycles. The molecule has 7 nitrogen and oxygen atoms in total. The van der Waals surface area contributed by atoms with Gasteiger partial charge in [-0.05, 0) is 43.6 Å². The molecule has 0 spiro atoms. The lowest BCUT2D eigenvalue weighted by molar-refractivity contribution is -0.137. The molecule has 2 saturated carbocycles. The molecule has 0 bridgehead atoms. The molecule has 1 amide bonds. The van der Waals surface area contributed by atoms with Crippen LogP contribution < -0.4 is 10.9 Å². The van der Waals surface area contributed by atoms with Crippen LogP contribution >= 0.6 is 0 Å². The number of fused-ring (bicyclic) bond motifs is 1. The maximum absolute atomic E-state index is 12.7. The van der Waals surface area contributed by atoms with Crippen LogP contribution in [0.3, 0.4) is 0 Å². The van der Waals surface area contributed by atoms with E-state index in [0.717, 1.165) is 43.1 Å². The van der Waals surface area contributed by atoms with Crippen LogP contribution in [0.5, 0.6) is 0 Å². The zero-order valence-electron chi connectivity index (χ0n) is 14.1. The molecule has 0 saturated heterocycles. The first-order valence-electron chi connectivity index (χ1n) is 8.85. The van der Waals surface area contributed by atoms with Crippen LogP contribution in [0.2, 0.25) is 0 Å². The van der Waals surface area contributed by atoms with Crippen LogP contribution in [0.25, 0.3) is 0 Å². The monoisotopic (exact) mass is 348 g/mol. The minimum absolute atomic E-state index is 0.0772. The highest BCUT2D eigenvalue weighted by molar-refractivity contribution is 5.92. The predicted octanol–water partition coefficient (Wildman–Crippen LogP) is 1.45. The molecule has 2 fully saturated rings. The van der Waals surface area contributed by atoms with Crippen LogP contribution in [0.15, 0.2) is 23.1 Å². The molecule has 0 radical (unpaired) electrons.